The third-order valence-corrected chi connectivity index (χ3v) is 3.34. The minimum Gasteiger partial charge on any atom is -0.344 e. The van der Waals surface area contributed by atoms with Gasteiger partial charge >= 0.3 is 0 Å². The Bertz CT molecular complexity index is 671. The number of benzene rings is 1. The fraction of sp³-hybridized carbons (Fsp3) is 0.312. The smallest absolute Gasteiger partial charge is 0.272 e. The predicted molar refractivity (Wildman–Crippen MR) is 81.3 cm³/mol. The Morgan fingerprint density at radius 2 is 1.86 bits per heavy atom. The van der Waals surface area contributed by atoms with E-state index in [4.69, 9.17) is 0 Å². The molecule has 1 heterocycles. The number of aromatic nitrogens is 2. The summed E-state index contributed by atoms with van der Waals surface area (Å²) in [5.74, 6) is 0.127. The third kappa shape index (κ3) is 3.78. The van der Waals surface area contributed by atoms with Gasteiger partial charge in [-0.3, -0.25) is 9.59 Å². The Morgan fingerprint density at radius 3 is 2.48 bits per heavy atom. The topological polar surface area (TPSA) is 74.8 Å². The Labute approximate surface area is 123 Å². The van der Waals surface area contributed by atoms with Gasteiger partial charge in [0.05, 0.1) is 6.04 Å². The number of amides is 1. The summed E-state index contributed by atoms with van der Waals surface area (Å²) in [6, 6.07) is 10.7. The molecule has 5 nitrogen and oxygen atoms in total. The van der Waals surface area contributed by atoms with Crippen LogP contribution in [0.25, 0.3) is 0 Å². The summed E-state index contributed by atoms with van der Waals surface area (Å²) in [6.45, 7) is 6.18. The second kappa shape index (κ2) is 6.35. The lowest BCUT2D eigenvalue weighted by Gasteiger charge is -2.16. The molecular weight excluding hydrogens is 266 g/mol. The number of hydrogen-bond acceptors (Lipinski definition) is 3. The Hall–Kier alpha value is -2.43. The largest absolute Gasteiger partial charge is 0.344 e. The van der Waals surface area contributed by atoms with Crippen LogP contribution in [0.5, 0.6) is 0 Å². The summed E-state index contributed by atoms with van der Waals surface area (Å²) >= 11 is 0. The molecule has 21 heavy (non-hydrogen) atoms. The first-order valence-electron chi connectivity index (χ1n) is 6.94. The molecule has 0 unspecified atom stereocenters. The average molecular weight is 285 g/mol. The predicted octanol–water partition coefficient (Wildman–Crippen LogP) is 2.38. The van der Waals surface area contributed by atoms with Crippen LogP contribution in [0.4, 0.5) is 0 Å². The molecule has 0 saturated carbocycles. The maximum Gasteiger partial charge on any atom is 0.272 e. The van der Waals surface area contributed by atoms with Crippen LogP contribution < -0.4 is 10.9 Å². The highest BCUT2D eigenvalue weighted by molar-refractivity contribution is 5.92. The van der Waals surface area contributed by atoms with Gasteiger partial charge in [-0.1, -0.05) is 38.1 Å². The quantitative estimate of drug-likeness (QED) is 0.905. The Balaban J connectivity index is 2.12. The molecule has 0 aliphatic rings. The minimum atomic E-state index is -0.329. The van der Waals surface area contributed by atoms with Gasteiger partial charge < -0.3 is 5.32 Å². The molecule has 1 aromatic carbocycles. The molecule has 110 valence electrons. The lowest BCUT2D eigenvalue weighted by molar-refractivity contribution is 0.0933. The van der Waals surface area contributed by atoms with E-state index in [0.29, 0.717) is 5.92 Å². The summed E-state index contributed by atoms with van der Waals surface area (Å²) in [6.07, 6.45) is 0. The van der Waals surface area contributed by atoms with Gasteiger partial charge in [0.1, 0.15) is 5.69 Å². The third-order valence-electron chi connectivity index (χ3n) is 3.34. The van der Waals surface area contributed by atoms with Crippen molar-refractivity contribution in [2.24, 2.45) is 0 Å². The highest BCUT2D eigenvalue weighted by atomic mass is 16.2. The van der Waals surface area contributed by atoms with Crippen molar-refractivity contribution in [2.45, 2.75) is 32.7 Å². The van der Waals surface area contributed by atoms with Gasteiger partial charge in [-0.15, -0.1) is 0 Å². The van der Waals surface area contributed by atoms with E-state index in [9.17, 15) is 9.59 Å². The number of H-pyrrole nitrogens is 1. The highest BCUT2D eigenvalue weighted by Crippen LogP contribution is 2.20. The van der Waals surface area contributed by atoms with Crippen molar-refractivity contribution in [1.29, 1.82) is 0 Å². The number of hydrogen-bond donors (Lipinski definition) is 2. The van der Waals surface area contributed by atoms with Crippen molar-refractivity contribution in [3.63, 3.8) is 0 Å². The average Bonchev–Trinajstić information content (AvgIpc) is 2.48. The van der Waals surface area contributed by atoms with E-state index >= 15 is 0 Å². The summed E-state index contributed by atoms with van der Waals surface area (Å²) in [5, 5.41) is 8.85. The molecule has 0 saturated heterocycles. The van der Waals surface area contributed by atoms with Crippen molar-refractivity contribution in [1.82, 2.24) is 15.5 Å². The number of rotatable bonds is 4. The van der Waals surface area contributed by atoms with Crippen LogP contribution in [0.2, 0.25) is 0 Å². The molecule has 0 spiro atoms. The minimum absolute atomic E-state index is 0.134. The van der Waals surface area contributed by atoms with Gasteiger partial charge in [0, 0.05) is 6.07 Å². The summed E-state index contributed by atoms with van der Waals surface area (Å²) in [5.41, 5.74) is 2.14. The van der Waals surface area contributed by atoms with Gasteiger partial charge in [-0.25, -0.2) is 5.10 Å². The van der Waals surface area contributed by atoms with Crippen LogP contribution >= 0.6 is 0 Å². The van der Waals surface area contributed by atoms with Crippen LogP contribution in [0, 0.1) is 0 Å². The van der Waals surface area contributed by atoms with E-state index in [-0.39, 0.29) is 23.2 Å². The molecule has 0 radical (unpaired) electrons. The van der Waals surface area contributed by atoms with Crippen LogP contribution in [0.15, 0.2) is 41.2 Å². The second-order valence-corrected chi connectivity index (χ2v) is 5.33. The van der Waals surface area contributed by atoms with E-state index in [2.05, 4.69) is 41.5 Å². The van der Waals surface area contributed by atoms with Crippen LogP contribution in [-0.2, 0) is 0 Å². The highest BCUT2D eigenvalue weighted by Gasteiger charge is 2.13. The van der Waals surface area contributed by atoms with Gasteiger partial charge in [0.25, 0.3) is 11.5 Å². The van der Waals surface area contributed by atoms with Gasteiger partial charge in [0.2, 0.25) is 0 Å². The summed E-state index contributed by atoms with van der Waals surface area (Å²) in [4.78, 5) is 23.0. The van der Waals surface area contributed by atoms with Crippen molar-refractivity contribution < 1.29 is 4.79 Å². The number of nitrogens with one attached hydrogen (secondary N) is 2. The van der Waals surface area contributed by atoms with Crippen molar-refractivity contribution in [3.05, 3.63) is 63.6 Å². The molecule has 5 heteroatoms. The maximum atomic E-state index is 12.1. The zero-order chi connectivity index (χ0) is 15.4. The van der Waals surface area contributed by atoms with Gasteiger partial charge in [-0.05, 0) is 30.0 Å². The molecule has 1 atom stereocenters. The summed E-state index contributed by atoms with van der Waals surface area (Å²) in [7, 11) is 0. The summed E-state index contributed by atoms with van der Waals surface area (Å²) < 4.78 is 0. The molecule has 0 aliphatic heterocycles. The first-order chi connectivity index (χ1) is 9.97. The number of nitrogens with zero attached hydrogens (tertiary/aromatic N) is 1. The molecule has 2 aromatic rings. The molecule has 0 aliphatic carbocycles. The van der Waals surface area contributed by atoms with Crippen LogP contribution in [0.3, 0.4) is 0 Å². The monoisotopic (exact) mass is 285 g/mol. The standard InChI is InChI=1S/C16H19N3O2/c1-10(2)12-5-4-6-13(9-12)11(3)17-16(21)14-7-8-15(20)19-18-14/h4-11H,1-3H3,(H,17,21)(H,19,20)/t11-/m1/s1. The number of aromatic amines is 1. The van der Waals surface area contributed by atoms with E-state index < -0.39 is 0 Å². The number of carbonyl (C=O) groups is 1. The normalized spacial score (nSPS) is 12.2. The zero-order valence-corrected chi connectivity index (χ0v) is 12.4. The molecule has 2 rings (SSSR count). The SMILES string of the molecule is CC(C)c1cccc([C@@H](C)NC(=O)c2ccc(=O)[nH]n2)c1. The fourth-order valence-corrected chi connectivity index (χ4v) is 2.01. The van der Waals surface area contributed by atoms with Crippen molar-refractivity contribution in [2.75, 3.05) is 0 Å². The lowest BCUT2D eigenvalue weighted by atomic mass is 9.98. The lowest BCUT2D eigenvalue weighted by Crippen LogP contribution is -2.28. The van der Waals surface area contributed by atoms with Gasteiger partial charge in [-0.2, -0.15) is 5.10 Å². The van der Waals surface area contributed by atoms with Crippen molar-refractivity contribution >= 4 is 5.91 Å². The maximum absolute atomic E-state index is 12.1. The Kier molecular flexibility index (Phi) is 4.52. The first kappa shape index (κ1) is 15.0. The van der Waals surface area contributed by atoms with Crippen LogP contribution in [-0.4, -0.2) is 16.1 Å². The van der Waals surface area contributed by atoms with E-state index in [1.165, 1.54) is 17.7 Å². The molecular formula is C16H19N3O2. The second-order valence-electron chi connectivity index (χ2n) is 5.33. The van der Waals surface area contributed by atoms with Gasteiger partial charge in [0.15, 0.2) is 0 Å². The van der Waals surface area contributed by atoms with E-state index in [0.717, 1.165) is 5.56 Å². The zero-order valence-electron chi connectivity index (χ0n) is 12.4. The number of carbonyl (C=O) groups excluding carboxylic acids is 1. The molecule has 1 amide bonds. The van der Waals surface area contributed by atoms with Crippen LogP contribution in [0.1, 0.15) is 54.3 Å². The molecule has 1 aromatic heterocycles. The molecule has 0 bridgehead atoms. The van der Waals surface area contributed by atoms with E-state index in [1.807, 2.05) is 19.1 Å². The van der Waals surface area contributed by atoms with Crippen molar-refractivity contribution in [3.8, 4) is 0 Å². The Morgan fingerprint density at radius 1 is 1.14 bits per heavy atom. The molecule has 2 N–H and O–H groups in total. The first-order valence-corrected chi connectivity index (χ1v) is 6.94. The molecule has 0 fully saturated rings. The fourth-order valence-electron chi connectivity index (χ4n) is 2.01. The van der Waals surface area contributed by atoms with E-state index in [1.54, 1.807) is 0 Å².